The van der Waals surface area contributed by atoms with E-state index in [1.165, 1.54) is 11.6 Å². The minimum Gasteiger partial charge on any atom is -0.508 e. The number of fused-ring (bicyclic) bond motifs is 1. The Hall–Kier alpha value is -1.59. The van der Waals surface area contributed by atoms with Crippen molar-refractivity contribution >= 4 is 15.9 Å². The van der Waals surface area contributed by atoms with E-state index in [1.807, 2.05) is 6.07 Å². The van der Waals surface area contributed by atoms with Crippen LogP contribution in [0.15, 0.2) is 34.8 Å². The summed E-state index contributed by atoms with van der Waals surface area (Å²) in [6.45, 7) is 1.82. The highest BCUT2D eigenvalue weighted by molar-refractivity contribution is 9.10. The molecule has 0 saturated heterocycles. The van der Waals surface area contributed by atoms with Gasteiger partial charge in [-0.2, -0.15) is 0 Å². The van der Waals surface area contributed by atoms with Gasteiger partial charge in [-0.3, -0.25) is 0 Å². The number of rotatable bonds is 4. The van der Waals surface area contributed by atoms with Crippen molar-refractivity contribution in [2.24, 2.45) is 0 Å². The topological polar surface area (TPSA) is 41.5 Å². The first-order valence-corrected chi connectivity index (χ1v) is 7.54. The summed E-state index contributed by atoms with van der Waals surface area (Å²) < 4.78 is 19.9. The summed E-state index contributed by atoms with van der Waals surface area (Å²) in [6, 6.07) is 8.17. The fourth-order valence-corrected chi connectivity index (χ4v) is 3.11. The second-order valence-corrected chi connectivity index (χ2v) is 5.99. The van der Waals surface area contributed by atoms with E-state index in [0.29, 0.717) is 18.7 Å². The molecule has 0 atom stereocenters. The van der Waals surface area contributed by atoms with Crippen LogP contribution in [-0.2, 0) is 19.5 Å². The van der Waals surface area contributed by atoms with Gasteiger partial charge >= 0.3 is 0 Å². The fourth-order valence-electron chi connectivity index (χ4n) is 2.55. The molecular formula is C16H15BrFNO2. The molecule has 2 aromatic carbocycles. The highest BCUT2D eigenvalue weighted by Gasteiger charge is 2.17. The fraction of sp³-hybridized carbons (Fsp3) is 0.250. The van der Waals surface area contributed by atoms with E-state index in [4.69, 9.17) is 4.74 Å². The number of aromatic hydroxyl groups is 1. The minimum absolute atomic E-state index is 0.0570. The lowest BCUT2D eigenvalue weighted by molar-refractivity contribution is 0.352. The van der Waals surface area contributed by atoms with Crippen LogP contribution in [0.2, 0.25) is 0 Å². The SMILES string of the molecule is Oc1cc(F)cc(CNCc2cc(Br)cc3c2OCC3)c1. The van der Waals surface area contributed by atoms with Gasteiger partial charge in [0.25, 0.3) is 0 Å². The summed E-state index contributed by atoms with van der Waals surface area (Å²) in [5.41, 5.74) is 3.00. The van der Waals surface area contributed by atoms with Gasteiger partial charge in [0.2, 0.25) is 0 Å². The Bertz CT molecular complexity index is 655. The second kappa shape index (κ2) is 6.03. The Morgan fingerprint density at radius 3 is 2.86 bits per heavy atom. The van der Waals surface area contributed by atoms with Gasteiger partial charge in [-0.1, -0.05) is 15.9 Å². The lowest BCUT2D eigenvalue weighted by atomic mass is 10.1. The molecule has 0 aliphatic carbocycles. The molecule has 21 heavy (non-hydrogen) atoms. The van der Waals surface area contributed by atoms with Crippen LogP contribution in [0.25, 0.3) is 0 Å². The molecule has 1 aliphatic heterocycles. The van der Waals surface area contributed by atoms with Crippen LogP contribution >= 0.6 is 15.9 Å². The van der Waals surface area contributed by atoms with Crippen LogP contribution in [0.5, 0.6) is 11.5 Å². The van der Waals surface area contributed by atoms with Gasteiger partial charge < -0.3 is 15.2 Å². The van der Waals surface area contributed by atoms with Gasteiger partial charge in [0.1, 0.15) is 17.3 Å². The molecule has 0 spiro atoms. The maximum Gasteiger partial charge on any atom is 0.127 e. The second-order valence-electron chi connectivity index (χ2n) is 5.07. The molecule has 0 saturated carbocycles. The molecule has 0 bridgehead atoms. The molecule has 3 nitrogen and oxygen atoms in total. The molecule has 0 fully saturated rings. The van der Waals surface area contributed by atoms with E-state index in [0.717, 1.165) is 34.9 Å². The minimum atomic E-state index is -0.432. The Kier molecular flexibility index (Phi) is 4.12. The van der Waals surface area contributed by atoms with Crippen molar-refractivity contribution < 1.29 is 14.2 Å². The summed E-state index contributed by atoms with van der Waals surface area (Å²) in [7, 11) is 0. The van der Waals surface area contributed by atoms with Crippen molar-refractivity contribution in [3.63, 3.8) is 0 Å². The van der Waals surface area contributed by atoms with Crippen LogP contribution in [-0.4, -0.2) is 11.7 Å². The largest absolute Gasteiger partial charge is 0.508 e. The molecule has 110 valence electrons. The number of phenolic OH excluding ortho intramolecular Hbond substituents is 1. The monoisotopic (exact) mass is 351 g/mol. The molecule has 2 aromatic rings. The van der Waals surface area contributed by atoms with E-state index in [-0.39, 0.29) is 5.75 Å². The number of hydrogen-bond donors (Lipinski definition) is 2. The first kappa shape index (κ1) is 14.4. The lowest BCUT2D eigenvalue weighted by Crippen LogP contribution is -2.13. The average Bonchev–Trinajstić information content (AvgIpc) is 2.85. The predicted octanol–water partition coefficient (Wildman–Crippen LogP) is 3.52. The van der Waals surface area contributed by atoms with Gasteiger partial charge in [-0.15, -0.1) is 0 Å². The molecule has 3 rings (SSSR count). The predicted molar refractivity (Wildman–Crippen MR) is 81.9 cm³/mol. The van der Waals surface area contributed by atoms with E-state index >= 15 is 0 Å². The van der Waals surface area contributed by atoms with Crippen LogP contribution in [0, 0.1) is 5.82 Å². The van der Waals surface area contributed by atoms with Crippen molar-refractivity contribution in [1.29, 1.82) is 0 Å². The smallest absolute Gasteiger partial charge is 0.127 e. The Morgan fingerprint density at radius 2 is 2.05 bits per heavy atom. The van der Waals surface area contributed by atoms with Crippen LogP contribution < -0.4 is 10.1 Å². The van der Waals surface area contributed by atoms with E-state index in [9.17, 15) is 9.50 Å². The quantitative estimate of drug-likeness (QED) is 0.885. The molecule has 5 heteroatoms. The van der Waals surface area contributed by atoms with Crippen LogP contribution in [0.4, 0.5) is 4.39 Å². The molecule has 0 radical (unpaired) electrons. The van der Waals surface area contributed by atoms with E-state index < -0.39 is 5.82 Å². The van der Waals surface area contributed by atoms with Crippen LogP contribution in [0.1, 0.15) is 16.7 Å². The molecule has 2 N–H and O–H groups in total. The zero-order valence-corrected chi connectivity index (χ0v) is 12.9. The average molecular weight is 352 g/mol. The van der Waals surface area contributed by atoms with Crippen molar-refractivity contribution in [2.75, 3.05) is 6.61 Å². The molecule has 0 aromatic heterocycles. The number of hydrogen-bond acceptors (Lipinski definition) is 3. The van der Waals surface area contributed by atoms with Gasteiger partial charge in [0, 0.05) is 35.6 Å². The Balaban J connectivity index is 1.68. The summed E-state index contributed by atoms with van der Waals surface area (Å²) in [6.07, 6.45) is 0.930. The first-order chi connectivity index (χ1) is 10.1. The highest BCUT2D eigenvalue weighted by Crippen LogP contribution is 2.32. The van der Waals surface area contributed by atoms with E-state index in [2.05, 4.69) is 27.3 Å². The van der Waals surface area contributed by atoms with Crippen LogP contribution in [0.3, 0.4) is 0 Å². The van der Waals surface area contributed by atoms with Gasteiger partial charge in [-0.05, 0) is 35.4 Å². The molecular weight excluding hydrogens is 337 g/mol. The third kappa shape index (κ3) is 3.36. The first-order valence-electron chi connectivity index (χ1n) is 6.75. The number of benzene rings is 2. The van der Waals surface area contributed by atoms with Crippen molar-refractivity contribution in [3.8, 4) is 11.5 Å². The highest BCUT2D eigenvalue weighted by atomic mass is 79.9. The zero-order chi connectivity index (χ0) is 14.8. The summed E-state index contributed by atoms with van der Waals surface area (Å²) in [5.74, 6) is 0.463. The number of ether oxygens (including phenoxy) is 1. The van der Waals surface area contributed by atoms with Gasteiger partial charge in [-0.25, -0.2) is 4.39 Å². The van der Waals surface area contributed by atoms with Gasteiger partial charge in [0.05, 0.1) is 6.61 Å². The van der Waals surface area contributed by atoms with Crippen molar-refractivity contribution in [3.05, 3.63) is 57.3 Å². The Labute approximate surface area is 130 Å². The van der Waals surface area contributed by atoms with E-state index in [1.54, 1.807) is 6.07 Å². The van der Waals surface area contributed by atoms with Crippen molar-refractivity contribution in [1.82, 2.24) is 5.32 Å². The Morgan fingerprint density at radius 1 is 1.19 bits per heavy atom. The normalized spacial score (nSPS) is 13.0. The third-order valence-corrected chi connectivity index (χ3v) is 3.87. The molecule has 0 amide bonds. The summed E-state index contributed by atoms with van der Waals surface area (Å²) in [5, 5.41) is 12.6. The standard InChI is InChI=1S/C16H15BrFNO2/c17-13-5-11-1-2-21-16(11)12(6-13)9-19-8-10-3-14(18)7-15(20)4-10/h3-7,19-20H,1-2,8-9H2. The maximum absolute atomic E-state index is 13.2. The third-order valence-electron chi connectivity index (χ3n) is 3.41. The molecule has 1 aliphatic rings. The number of phenols is 1. The zero-order valence-electron chi connectivity index (χ0n) is 11.3. The molecule has 0 unspecified atom stereocenters. The molecule has 1 heterocycles. The van der Waals surface area contributed by atoms with Crippen molar-refractivity contribution in [2.45, 2.75) is 19.5 Å². The van der Waals surface area contributed by atoms with Gasteiger partial charge in [0.15, 0.2) is 0 Å². The number of nitrogens with one attached hydrogen (secondary N) is 1. The maximum atomic E-state index is 13.2. The summed E-state index contributed by atoms with van der Waals surface area (Å²) >= 11 is 3.51. The number of halogens is 2. The summed E-state index contributed by atoms with van der Waals surface area (Å²) in [4.78, 5) is 0. The lowest BCUT2D eigenvalue weighted by Gasteiger charge is -2.10.